The van der Waals surface area contributed by atoms with Gasteiger partial charge >= 0.3 is 11.9 Å². The van der Waals surface area contributed by atoms with E-state index in [-0.39, 0.29) is 35.1 Å². The van der Waals surface area contributed by atoms with Crippen molar-refractivity contribution in [3.05, 3.63) is 131 Å². The summed E-state index contributed by atoms with van der Waals surface area (Å²) < 4.78 is 12.6. The molecule has 7 aliphatic carbocycles. The summed E-state index contributed by atoms with van der Waals surface area (Å²) in [5.74, 6) is 1.83. The number of ether oxygens (including phenoxy) is 2. The van der Waals surface area contributed by atoms with Gasteiger partial charge in [-0.2, -0.15) is 0 Å². The summed E-state index contributed by atoms with van der Waals surface area (Å²) in [6.07, 6.45) is 6.71. The van der Waals surface area contributed by atoms with Gasteiger partial charge in [-0.15, -0.1) is 0 Å². The lowest BCUT2D eigenvalue weighted by Gasteiger charge is -2.55. The first kappa shape index (κ1) is 26.2. The maximum absolute atomic E-state index is 14.4. The Labute approximate surface area is 258 Å². The summed E-state index contributed by atoms with van der Waals surface area (Å²) in [4.78, 5) is 28.6. The van der Waals surface area contributed by atoms with E-state index in [1.807, 2.05) is 48.5 Å². The van der Waals surface area contributed by atoms with Crippen LogP contribution in [0.25, 0.3) is 0 Å². The molecule has 0 aromatic heterocycles. The molecule has 4 saturated carbocycles. The van der Waals surface area contributed by atoms with Gasteiger partial charge in [0.25, 0.3) is 0 Å². The summed E-state index contributed by atoms with van der Waals surface area (Å²) in [5, 5.41) is 0. The number of esters is 2. The fourth-order valence-corrected chi connectivity index (χ4v) is 10.4. The van der Waals surface area contributed by atoms with E-state index in [0.717, 1.165) is 24.8 Å². The lowest BCUT2D eigenvalue weighted by Crippen LogP contribution is -2.51. The van der Waals surface area contributed by atoms with Crippen molar-refractivity contribution >= 4 is 11.9 Å². The molecule has 4 aromatic carbocycles. The number of para-hydroxylation sites is 2. The fraction of sp³-hybridized carbons (Fsp3) is 0.350. The fourth-order valence-electron chi connectivity index (χ4n) is 10.4. The smallest absolute Gasteiger partial charge is 0.317 e. The Morgan fingerprint density at radius 1 is 0.545 bits per heavy atom. The van der Waals surface area contributed by atoms with Gasteiger partial charge < -0.3 is 9.47 Å². The highest BCUT2D eigenvalue weighted by atomic mass is 16.5. The molecule has 4 heteroatoms. The van der Waals surface area contributed by atoms with E-state index in [1.165, 1.54) is 41.5 Å². The average Bonchev–Trinajstić information content (AvgIpc) is 3.04. The maximum atomic E-state index is 14.4. The number of carbonyl (C=O) groups is 2. The highest BCUT2D eigenvalue weighted by Crippen LogP contribution is 2.64. The third-order valence-electron chi connectivity index (χ3n) is 11.6. The van der Waals surface area contributed by atoms with Crippen LogP contribution in [0.4, 0.5) is 0 Å². The molecule has 0 heterocycles. The Kier molecular flexibility index (Phi) is 5.92. The molecular weight excluding hydrogens is 544 g/mol. The summed E-state index contributed by atoms with van der Waals surface area (Å²) >= 11 is 0. The molecule has 6 bridgehead atoms. The number of benzene rings is 4. The number of hydrogen-bond acceptors (Lipinski definition) is 4. The van der Waals surface area contributed by atoms with Crippen molar-refractivity contribution in [2.75, 3.05) is 0 Å². The molecule has 4 aromatic rings. The van der Waals surface area contributed by atoms with E-state index in [9.17, 15) is 9.59 Å². The van der Waals surface area contributed by atoms with Gasteiger partial charge in [0, 0.05) is 17.8 Å². The monoisotopic (exact) mass is 580 g/mol. The molecule has 4 fully saturated rings. The molecule has 2 unspecified atom stereocenters. The van der Waals surface area contributed by atoms with E-state index in [2.05, 4.69) is 54.6 Å². The molecule has 4 nitrogen and oxygen atoms in total. The Morgan fingerprint density at radius 2 is 1.02 bits per heavy atom. The summed E-state index contributed by atoms with van der Waals surface area (Å²) in [5.41, 5.74) is 5.41. The Balaban J connectivity index is 1.16. The van der Waals surface area contributed by atoms with Crippen molar-refractivity contribution in [1.82, 2.24) is 0 Å². The minimum Gasteiger partial charge on any atom is -0.426 e. The summed E-state index contributed by atoms with van der Waals surface area (Å²) in [6.45, 7) is 0. The van der Waals surface area contributed by atoms with Crippen LogP contribution in [0.3, 0.4) is 0 Å². The first-order valence-corrected chi connectivity index (χ1v) is 16.3. The van der Waals surface area contributed by atoms with Gasteiger partial charge in [0.15, 0.2) is 0 Å². The van der Waals surface area contributed by atoms with Crippen LogP contribution >= 0.6 is 0 Å². The molecule has 2 atom stereocenters. The van der Waals surface area contributed by atoms with Gasteiger partial charge in [0.2, 0.25) is 0 Å². The highest BCUT2D eigenvalue weighted by Gasteiger charge is 2.57. The van der Waals surface area contributed by atoms with Gasteiger partial charge in [0.1, 0.15) is 11.5 Å². The molecule has 7 aliphatic rings. The Morgan fingerprint density at radius 3 is 1.59 bits per heavy atom. The van der Waals surface area contributed by atoms with Crippen LogP contribution in [0.1, 0.15) is 84.1 Å². The van der Waals surface area contributed by atoms with Crippen LogP contribution in [-0.2, 0) is 9.59 Å². The number of hydrogen-bond donors (Lipinski definition) is 0. The van der Waals surface area contributed by atoms with Gasteiger partial charge in [-0.1, -0.05) is 84.9 Å². The Bertz CT molecular complexity index is 1690. The van der Waals surface area contributed by atoms with E-state index < -0.39 is 5.92 Å². The lowest BCUT2D eigenvalue weighted by molar-refractivity contribution is -0.161. The van der Waals surface area contributed by atoms with Gasteiger partial charge in [0.05, 0.1) is 11.3 Å². The normalized spacial score (nSPS) is 32.0. The van der Waals surface area contributed by atoms with Crippen molar-refractivity contribution in [3.63, 3.8) is 0 Å². The number of carbonyl (C=O) groups excluding carboxylic acids is 2. The van der Waals surface area contributed by atoms with E-state index in [4.69, 9.17) is 9.47 Å². The van der Waals surface area contributed by atoms with Gasteiger partial charge in [-0.25, -0.2) is 0 Å². The minimum absolute atomic E-state index is 0.0609. The van der Waals surface area contributed by atoms with Crippen molar-refractivity contribution in [2.45, 2.75) is 56.3 Å². The Hall–Kier alpha value is -4.18. The molecule has 44 heavy (non-hydrogen) atoms. The molecular formula is C40H36O4. The molecule has 0 spiro atoms. The maximum Gasteiger partial charge on any atom is 0.317 e. The van der Waals surface area contributed by atoms with Crippen LogP contribution in [0.15, 0.2) is 103 Å². The second-order valence-electron chi connectivity index (χ2n) is 14.1. The van der Waals surface area contributed by atoms with E-state index >= 15 is 0 Å². The van der Waals surface area contributed by atoms with Gasteiger partial charge in [-0.3, -0.25) is 9.59 Å². The first-order chi connectivity index (χ1) is 21.6. The van der Waals surface area contributed by atoms with Crippen LogP contribution in [0, 0.1) is 29.1 Å². The second-order valence-corrected chi connectivity index (χ2v) is 14.1. The van der Waals surface area contributed by atoms with Gasteiger partial charge in [-0.05, 0) is 102 Å². The van der Waals surface area contributed by atoms with Crippen LogP contribution < -0.4 is 9.47 Å². The molecule has 0 saturated heterocycles. The number of fused-ring (bicyclic) bond motifs is 1. The lowest BCUT2D eigenvalue weighted by atomic mass is 9.49. The molecule has 0 amide bonds. The predicted octanol–water partition coefficient (Wildman–Crippen LogP) is 8.40. The topological polar surface area (TPSA) is 52.6 Å². The highest BCUT2D eigenvalue weighted by molar-refractivity contribution is 5.83. The third kappa shape index (κ3) is 3.96. The first-order valence-electron chi connectivity index (χ1n) is 16.3. The zero-order chi connectivity index (χ0) is 29.4. The van der Waals surface area contributed by atoms with Crippen molar-refractivity contribution in [3.8, 4) is 11.5 Å². The quantitative estimate of drug-likeness (QED) is 0.176. The zero-order valence-electron chi connectivity index (χ0n) is 24.7. The van der Waals surface area contributed by atoms with Crippen molar-refractivity contribution in [1.29, 1.82) is 0 Å². The SMILES string of the molecule is O=C(Oc1ccccc1)C1C2c3ccccc3C(c3ccccc32)C1c1ccccc1OC(=O)C12CC3CC(CC(C3)C1)C2. The van der Waals surface area contributed by atoms with E-state index in [0.29, 0.717) is 29.3 Å². The molecule has 0 N–H and O–H groups in total. The average molecular weight is 581 g/mol. The van der Waals surface area contributed by atoms with Crippen molar-refractivity contribution < 1.29 is 19.1 Å². The second kappa shape index (κ2) is 9.92. The van der Waals surface area contributed by atoms with Crippen LogP contribution in [0.5, 0.6) is 11.5 Å². The van der Waals surface area contributed by atoms with Crippen LogP contribution in [-0.4, -0.2) is 11.9 Å². The third-order valence-corrected chi connectivity index (χ3v) is 11.6. The summed E-state index contributed by atoms with van der Waals surface area (Å²) in [7, 11) is 0. The molecule has 0 radical (unpaired) electrons. The molecule has 220 valence electrons. The zero-order valence-corrected chi connectivity index (χ0v) is 24.7. The number of rotatable bonds is 5. The predicted molar refractivity (Wildman–Crippen MR) is 168 cm³/mol. The standard InChI is InChI=1S/C40H36O4/c41-38(43-27-10-2-1-3-11-27)37-35-30-14-6-4-12-28(30)34(29-13-5-7-15-31(29)35)36(37)32-16-8-9-17-33(32)44-39(42)40-21-24-18-25(22-40)20-26(19-24)23-40/h1-17,24-26,34-37H,18-23H2. The van der Waals surface area contributed by atoms with E-state index in [1.54, 1.807) is 0 Å². The molecule has 11 rings (SSSR count). The largest absolute Gasteiger partial charge is 0.426 e. The van der Waals surface area contributed by atoms with Crippen molar-refractivity contribution in [2.24, 2.45) is 29.1 Å². The van der Waals surface area contributed by atoms with Crippen LogP contribution in [0.2, 0.25) is 0 Å². The summed E-state index contributed by atoms with van der Waals surface area (Å²) in [6, 6.07) is 34.4. The minimum atomic E-state index is -0.482. The molecule has 0 aliphatic heterocycles.